The number of nitrogens with one attached hydrogen (secondary N) is 1. The molecule has 136 valence electrons. The van der Waals surface area contributed by atoms with Gasteiger partial charge in [0.2, 0.25) is 5.72 Å². The lowest BCUT2D eigenvalue weighted by Crippen LogP contribution is -2.64. The van der Waals surface area contributed by atoms with Gasteiger partial charge in [0, 0.05) is 25.2 Å². The molecular weight excluding hydrogens is 332 g/mol. The highest BCUT2D eigenvalue weighted by molar-refractivity contribution is 5.98. The largest absolute Gasteiger partial charge is 0.465 e. The Bertz CT molecular complexity index is 875. The van der Waals surface area contributed by atoms with E-state index in [0.717, 1.165) is 18.7 Å². The van der Waals surface area contributed by atoms with E-state index in [1.54, 1.807) is 23.2 Å². The van der Waals surface area contributed by atoms with Gasteiger partial charge in [-0.15, -0.1) is 0 Å². The molecule has 26 heavy (non-hydrogen) atoms. The van der Waals surface area contributed by atoms with Crippen molar-refractivity contribution in [1.29, 1.82) is 0 Å². The van der Waals surface area contributed by atoms with Crippen LogP contribution in [0.1, 0.15) is 46.2 Å². The minimum atomic E-state index is -0.867. The highest BCUT2D eigenvalue weighted by atomic mass is 16.5. The third-order valence-electron chi connectivity index (χ3n) is 5.15. The maximum atomic E-state index is 13.0. The molecule has 3 heterocycles. The summed E-state index contributed by atoms with van der Waals surface area (Å²) < 4.78 is 7.96. The van der Waals surface area contributed by atoms with E-state index in [9.17, 15) is 9.59 Å². The van der Waals surface area contributed by atoms with Crippen molar-refractivity contribution in [2.24, 2.45) is 0 Å². The summed E-state index contributed by atoms with van der Waals surface area (Å²) in [6.45, 7) is 5.57. The lowest BCUT2D eigenvalue weighted by Gasteiger charge is -2.45. The SMILES string of the molecule is CCn1ncc(C(=O)N2CCC[C@@]3(C2)NC(=O)c2ccccc2O3)c1C. The van der Waals surface area contributed by atoms with Gasteiger partial charge in [0.1, 0.15) is 5.75 Å². The first-order chi connectivity index (χ1) is 12.5. The van der Waals surface area contributed by atoms with E-state index in [0.29, 0.717) is 36.4 Å². The summed E-state index contributed by atoms with van der Waals surface area (Å²) in [6, 6.07) is 7.20. The molecule has 1 spiro atoms. The van der Waals surface area contributed by atoms with E-state index in [-0.39, 0.29) is 11.8 Å². The fourth-order valence-corrected chi connectivity index (χ4v) is 3.78. The lowest BCUT2D eigenvalue weighted by molar-refractivity contribution is -0.0314. The number of likely N-dealkylation sites (tertiary alicyclic amines) is 1. The molecule has 1 fully saturated rings. The summed E-state index contributed by atoms with van der Waals surface area (Å²) in [5.41, 5.74) is 1.12. The summed E-state index contributed by atoms with van der Waals surface area (Å²) in [7, 11) is 0. The fourth-order valence-electron chi connectivity index (χ4n) is 3.78. The quantitative estimate of drug-likeness (QED) is 0.894. The first-order valence-electron chi connectivity index (χ1n) is 8.95. The monoisotopic (exact) mass is 354 g/mol. The van der Waals surface area contributed by atoms with Crippen LogP contribution in [-0.2, 0) is 6.54 Å². The highest BCUT2D eigenvalue weighted by Crippen LogP contribution is 2.33. The molecule has 7 nitrogen and oxygen atoms in total. The normalized spacial score (nSPS) is 21.9. The summed E-state index contributed by atoms with van der Waals surface area (Å²) in [5.74, 6) is 0.342. The Morgan fingerprint density at radius 2 is 2.19 bits per heavy atom. The van der Waals surface area contributed by atoms with E-state index in [2.05, 4.69) is 10.4 Å². The van der Waals surface area contributed by atoms with Crippen LogP contribution in [0.2, 0.25) is 0 Å². The molecule has 1 saturated heterocycles. The van der Waals surface area contributed by atoms with Crippen molar-refractivity contribution in [3.8, 4) is 5.75 Å². The van der Waals surface area contributed by atoms with Gasteiger partial charge in [-0.1, -0.05) is 12.1 Å². The summed E-state index contributed by atoms with van der Waals surface area (Å²) in [6.07, 6.45) is 3.05. The third-order valence-corrected chi connectivity index (χ3v) is 5.15. The highest BCUT2D eigenvalue weighted by Gasteiger charge is 2.44. The van der Waals surface area contributed by atoms with Gasteiger partial charge in [0.25, 0.3) is 11.8 Å². The molecule has 1 atom stereocenters. The number of carbonyl (C=O) groups is 2. The number of aryl methyl sites for hydroxylation is 1. The number of hydrogen-bond acceptors (Lipinski definition) is 4. The van der Waals surface area contributed by atoms with Gasteiger partial charge in [-0.2, -0.15) is 5.10 Å². The predicted molar refractivity (Wildman–Crippen MR) is 95.0 cm³/mol. The second-order valence-corrected chi connectivity index (χ2v) is 6.84. The number of para-hydroxylation sites is 1. The van der Waals surface area contributed by atoms with Gasteiger partial charge >= 0.3 is 0 Å². The number of ether oxygens (including phenoxy) is 1. The first-order valence-corrected chi connectivity index (χ1v) is 8.95. The van der Waals surface area contributed by atoms with Gasteiger partial charge < -0.3 is 15.0 Å². The van der Waals surface area contributed by atoms with E-state index in [4.69, 9.17) is 4.74 Å². The van der Waals surface area contributed by atoms with Crippen LogP contribution >= 0.6 is 0 Å². The number of amides is 2. The lowest BCUT2D eigenvalue weighted by atomic mass is 9.97. The molecule has 0 saturated carbocycles. The second-order valence-electron chi connectivity index (χ2n) is 6.84. The van der Waals surface area contributed by atoms with Crippen LogP contribution in [-0.4, -0.2) is 45.3 Å². The number of fused-ring (bicyclic) bond motifs is 1. The molecule has 1 aromatic carbocycles. The molecule has 7 heteroatoms. The van der Waals surface area contributed by atoms with Gasteiger partial charge in [-0.05, 0) is 32.4 Å². The van der Waals surface area contributed by atoms with Crippen molar-refractivity contribution in [3.05, 3.63) is 47.3 Å². The zero-order valence-electron chi connectivity index (χ0n) is 15.0. The number of rotatable bonds is 2. The number of benzene rings is 1. The van der Waals surface area contributed by atoms with Crippen LogP contribution < -0.4 is 10.1 Å². The molecule has 0 unspecified atom stereocenters. The number of carbonyl (C=O) groups excluding carboxylic acids is 2. The second kappa shape index (κ2) is 6.16. The average molecular weight is 354 g/mol. The summed E-state index contributed by atoms with van der Waals surface area (Å²) in [5, 5.41) is 7.24. The Morgan fingerprint density at radius 1 is 1.38 bits per heavy atom. The topological polar surface area (TPSA) is 76.5 Å². The van der Waals surface area contributed by atoms with Crippen molar-refractivity contribution >= 4 is 11.8 Å². The van der Waals surface area contributed by atoms with Crippen LogP contribution in [0.4, 0.5) is 0 Å². The summed E-state index contributed by atoms with van der Waals surface area (Å²) in [4.78, 5) is 27.3. The molecule has 2 aliphatic rings. The summed E-state index contributed by atoms with van der Waals surface area (Å²) >= 11 is 0. The standard InChI is InChI=1S/C19H22N4O3/c1-3-23-13(2)15(11-20-23)18(25)22-10-6-9-19(12-22)21-17(24)14-7-4-5-8-16(14)26-19/h4-5,7-8,11H,3,6,9-10,12H2,1-2H3,(H,21,24)/t19-/m1/s1. The minimum absolute atomic E-state index is 0.0713. The van der Waals surface area contributed by atoms with Crippen molar-refractivity contribution in [2.75, 3.05) is 13.1 Å². The zero-order chi connectivity index (χ0) is 18.3. The molecular formula is C19H22N4O3. The van der Waals surface area contributed by atoms with Crippen LogP contribution in [0.25, 0.3) is 0 Å². The van der Waals surface area contributed by atoms with Crippen molar-refractivity contribution in [1.82, 2.24) is 20.0 Å². The van der Waals surface area contributed by atoms with Crippen molar-refractivity contribution in [3.63, 3.8) is 0 Å². The molecule has 2 amide bonds. The van der Waals surface area contributed by atoms with E-state index in [1.165, 1.54) is 0 Å². The smallest absolute Gasteiger partial charge is 0.258 e. The zero-order valence-corrected chi connectivity index (χ0v) is 15.0. The van der Waals surface area contributed by atoms with Gasteiger partial charge in [-0.25, -0.2) is 0 Å². The fraction of sp³-hybridized carbons (Fsp3) is 0.421. The third kappa shape index (κ3) is 2.64. The Labute approximate surface area is 151 Å². The number of hydrogen-bond donors (Lipinski definition) is 1. The van der Waals surface area contributed by atoms with E-state index >= 15 is 0 Å². The number of aromatic nitrogens is 2. The molecule has 2 aliphatic heterocycles. The maximum absolute atomic E-state index is 13.0. The molecule has 1 N–H and O–H groups in total. The Balaban J connectivity index is 1.59. The number of piperidine rings is 1. The van der Waals surface area contributed by atoms with Crippen LogP contribution in [0.3, 0.4) is 0 Å². The Hall–Kier alpha value is -2.83. The van der Waals surface area contributed by atoms with Crippen molar-refractivity contribution in [2.45, 2.75) is 39.0 Å². The average Bonchev–Trinajstić information content (AvgIpc) is 3.01. The predicted octanol–water partition coefficient (Wildman–Crippen LogP) is 1.97. The van der Waals surface area contributed by atoms with Crippen LogP contribution in [0, 0.1) is 6.92 Å². The first kappa shape index (κ1) is 16.6. The molecule has 1 aromatic heterocycles. The maximum Gasteiger partial charge on any atom is 0.258 e. The van der Waals surface area contributed by atoms with E-state index in [1.807, 2.05) is 30.7 Å². The minimum Gasteiger partial charge on any atom is -0.465 e. The van der Waals surface area contributed by atoms with E-state index < -0.39 is 5.72 Å². The molecule has 0 bridgehead atoms. The van der Waals surface area contributed by atoms with Gasteiger partial charge in [-0.3, -0.25) is 14.3 Å². The number of nitrogens with zero attached hydrogens (tertiary/aromatic N) is 3. The van der Waals surface area contributed by atoms with Gasteiger partial charge in [0.05, 0.1) is 23.9 Å². The molecule has 2 aromatic rings. The van der Waals surface area contributed by atoms with Crippen LogP contribution in [0.15, 0.2) is 30.5 Å². The molecule has 0 radical (unpaired) electrons. The van der Waals surface area contributed by atoms with Crippen molar-refractivity contribution < 1.29 is 14.3 Å². The molecule has 0 aliphatic carbocycles. The van der Waals surface area contributed by atoms with Crippen LogP contribution in [0.5, 0.6) is 5.75 Å². The van der Waals surface area contributed by atoms with Gasteiger partial charge in [0.15, 0.2) is 0 Å². The Morgan fingerprint density at radius 3 is 2.96 bits per heavy atom. The Kier molecular flexibility index (Phi) is 3.94. The molecule has 4 rings (SSSR count).